The third-order valence-corrected chi connectivity index (χ3v) is 3.39. The minimum atomic E-state index is -1.06. The predicted molar refractivity (Wildman–Crippen MR) is 62.7 cm³/mol. The highest BCUT2D eigenvalue weighted by Crippen LogP contribution is 2.20. The second kappa shape index (κ2) is 4.77. The van der Waals surface area contributed by atoms with Crippen molar-refractivity contribution in [1.29, 1.82) is 0 Å². The quantitative estimate of drug-likeness (QED) is 0.531. The summed E-state index contributed by atoms with van der Waals surface area (Å²) in [4.78, 5) is 0. The molecule has 0 aromatic heterocycles. The zero-order chi connectivity index (χ0) is 10.6. The number of rotatable bonds is 5. The highest BCUT2D eigenvalue weighted by molar-refractivity contribution is 6.76. The van der Waals surface area contributed by atoms with E-state index in [2.05, 4.69) is 32.8 Å². The molecule has 2 heteroatoms. The summed E-state index contributed by atoms with van der Waals surface area (Å²) in [5, 5.41) is 9.55. The van der Waals surface area contributed by atoms with Crippen LogP contribution in [0.3, 0.4) is 0 Å². The van der Waals surface area contributed by atoms with Crippen molar-refractivity contribution in [3.8, 4) is 0 Å². The predicted octanol–water partition coefficient (Wildman–Crippen LogP) is 3.21. The Hall–Kier alpha value is -0.343. The van der Waals surface area contributed by atoms with E-state index in [1.165, 1.54) is 0 Å². The molecule has 0 fully saturated rings. The molecular weight excluding hydrogens is 176 g/mol. The molecule has 0 heterocycles. The second-order valence-corrected chi connectivity index (χ2v) is 10.5. The molecule has 0 radical (unpaired) electrons. The van der Waals surface area contributed by atoms with Gasteiger partial charge in [-0.1, -0.05) is 37.4 Å². The SMILES string of the molecule is C=C(C[C@H](O)C(=C)C)C[Si](C)(C)C. The fourth-order valence-electron chi connectivity index (χ4n) is 1.27. The fraction of sp³-hybridized carbons (Fsp3) is 0.636. The molecule has 0 aliphatic rings. The molecule has 0 unspecified atom stereocenters. The van der Waals surface area contributed by atoms with E-state index >= 15 is 0 Å². The van der Waals surface area contributed by atoms with Crippen molar-refractivity contribution in [3.05, 3.63) is 24.3 Å². The molecule has 0 saturated heterocycles. The molecule has 0 amide bonds. The smallest absolute Gasteiger partial charge is 0.0781 e. The Morgan fingerprint density at radius 2 is 1.77 bits per heavy atom. The summed E-state index contributed by atoms with van der Waals surface area (Å²) in [5.41, 5.74) is 1.99. The maximum absolute atomic E-state index is 9.55. The van der Waals surface area contributed by atoms with Crippen LogP contribution in [-0.4, -0.2) is 19.3 Å². The summed E-state index contributed by atoms with van der Waals surface area (Å²) in [6, 6.07) is 1.09. The first-order valence-corrected chi connectivity index (χ1v) is 8.43. The van der Waals surface area contributed by atoms with E-state index in [0.717, 1.165) is 17.2 Å². The van der Waals surface area contributed by atoms with Gasteiger partial charge in [-0.05, 0) is 19.4 Å². The van der Waals surface area contributed by atoms with Gasteiger partial charge in [0.15, 0.2) is 0 Å². The van der Waals surface area contributed by atoms with Crippen LogP contribution in [0.1, 0.15) is 13.3 Å². The first-order valence-electron chi connectivity index (χ1n) is 4.72. The van der Waals surface area contributed by atoms with Crippen LogP contribution < -0.4 is 0 Å². The number of aliphatic hydroxyl groups is 1. The van der Waals surface area contributed by atoms with Crippen molar-refractivity contribution in [3.63, 3.8) is 0 Å². The molecule has 0 aromatic rings. The first kappa shape index (κ1) is 12.7. The van der Waals surface area contributed by atoms with E-state index in [1.807, 2.05) is 6.92 Å². The van der Waals surface area contributed by atoms with Crippen molar-refractivity contribution in [2.45, 2.75) is 45.1 Å². The lowest BCUT2D eigenvalue weighted by atomic mass is 10.1. The maximum Gasteiger partial charge on any atom is 0.0781 e. The maximum atomic E-state index is 9.55. The Bertz CT molecular complexity index is 201. The molecule has 76 valence electrons. The summed E-state index contributed by atoms with van der Waals surface area (Å²) in [6.07, 6.45) is 0.281. The Balaban J connectivity index is 3.96. The van der Waals surface area contributed by atoms with E-state index in [4.69, 9.17) is 0 Å². The minimum Gasteiger partial charge on any atom is -0.388 e. The highest BCUT2D eigenvalue weighted by atomic mass is 28.3. The summed E-state index contributed by atoms with van der Waals surface area (Å²) >= 11 is 0. The summed E-state index contributed by atoms with van der Waals surface area (Å²) < 4.78 is 0. The monoisotopic (exact) mass is 198 g/mol. The van der Waals surface area contributed by atoms with E-state index in [0.29, 0.717) is 6.42 Å². The minimum absolute atomic E-state index is 0.399. The normalized spacial score (nSPS) is 13.9. The van der Waals surface area contributed by atoms with E-state index < -0.39 is 14.2 Å². The average molecular weight is 198 g/mol. The first-order chi connectivity index (χ1) is 5.72. The number of hydrogen-bond acceptors (Lipinski definition) is 1. The van der Waals surface area contributed by atoms with Gasteiger partial charge in [0.05, 0.1) is 6.10 Å². The van der Waals surface area contributed by atoms with Gasteiger partial charge >= 0.3 is 0 Å². The molecular formula is C11H22OSi. The Morgan fingerprint density at radius 1 is 1.31 bits per heavy atom. The van der Waals surface area contributed by atoms with Crippen LogP contribution in [0.25, 0.3) is 0 Å². The Morgan fingerprint density at radius 3 is 2.08 bits per heavy atom. The van der Waals surface area contributed by atoms with Gasteiger partial charge in [0, 0.05) is 8.07 Å². The van der Waals surface area contributed by atoms with Gasteiger partial charge in [0.2, 0.25) is 0 Å². The van der Waals surface area contributed by atoms with Crippen molar-refractivity contribution in [2.24, 2.45) is 0 Å². The Labute approximate surface area is 83.2 Å². The van der Waals surface area contributed by atoms with Crippen molar-refractivity contribution in [1.82, 2.24) is 0 Å². The molecule has 0 bridgehead atoms. The molecule has 0 aromatic carbocycles. The lowest BCUT2D eigenvalue weighted by Crippen LogP contribution is -2.21. The molecule has 1 atom stereocenters. The van der Waals surface area contributed by atoms with E-state index in [1.54, 1.807) is 0 Å². The van der Waals surface area contributed by atoms with Crippen molar-refractivity contribution in [2.75, 3.05) is 0 Å². The highest BCUT2D eigenvalue weighted by Gasteiger charge is 2.16. The van der Waals surface area contributed by atoms with Gasteiger partial charge in [0.1, 0.15) is 0 Å². The van der Waals surface area contributed by atoms with Crippen LogP contribution in [0, 0.1) is 0 Å². The number of aliphatic hydroxyl groups excluding tert-OH is 1. The molecule has 0 rings (SSSR count). The summed E-state index contributed by atoms with van der Waals surface area (Å²) in [5.74, 6) is 0. The van der Waals surface area contributed by atoms with Crippen LogP contribution in [0.5, 0.6) is 0 Å². The van der Waals surface area contributed by atoms with Gasteiger partial charge in [-0.3, -0.25) is 0 Å². The second-order valence-electron chi connectivity index (χ2n) is 5.05. The molecule has 0 saturated carbocycles. The van der Waals surface area contributed by atoms with Crippen molar-refractivity contribution < 1.29 is 5.11 Å². The van der Waals surface area contributed by atoms with Gasteiger partial charge in [-0.2, -0.15) is 0 Å². The van der Waals surface area contributed by atoms with Gasteiger partial charge in [-0.15, -0.1) is 6.58 Å². The van der Waals surface area contributed by atoms with Gasteiger partial charge in [0.25, 0.3) is 0 Å². The van der Waals surface area contributed by atoms with Crippen LogP contribution in [0.15, 0.2) is 24.3 Å². The van der Waals surface area contributed by atoms with Crippen LogP contribution >= 0.6 is 0 Å². The molecule has 1 N–H and O–H groups in total. The number of hydrogen-bond donors (Lipinski definition) is 1. The van der Waals surface area contributed by atoms with E-state index in [-0.39, 0.29) is 0 Å². The molecule has 0 aliphatic carbocycles. The summed E-state index contributed by atoms with van der Waals surface area (Å²) in [7, 11) is -1.06. The third-order valence-electron chi connectivity index (χ3n) is 1.83. The molecule has 1 nitrogen and oxygen atoms in total. The topological polar surface area (TPSA) is 20.2 Å². The van der Waals surface area contributed by atoms with E-state index in [9.17, 15) is 5.11 Å². The zero-order valence-electron chi connectivity index (χ0n) is 9.35. The van der Waals surface area contributed by atoms with Crippen LogP contribution in [0.4, 0.5) is 0 Å². The molecule has 0 aliphatic heterocycles. The van der Waals surface area contributed by atoms with Crippen LogP contribution in [-0.2, 0) is 0 Å². The van der Waals surface area contributed by atoms with Crippen LogP contribution in [0.2, 0.25) is 25.7 Å². The molecule has 13 heavy (non-hydrogen) atoms. The largest absolute Gasteiger partial charge is 0.388 e. The van der Waals surface area contributed by atoms with Gasteiger partial charge < -0.3 is 5.11 Å². The lowest BCUT2D eigenvalue weighted by Gasteiger charge is -2.19. The summed E-state index contributed by atoms with van der Waals surface area (Å²) in [6.45, 7) is 16.5. The fourth-order valence-corrected chi connectivity index (χ4v) is 2.91. The average Bonchev–Trinajstić information content (AvgIpc) is 1.81. The molecule has 0 spiro atoms. The lowest BCUT2D eigenvalue weighted by molar-refractivity contribution is 0.212. The standard InChI is InChI=1S/C11H22OSi/c1-9(2)11(12)7-10(3)8-13(4,5)6/h11-12H,1,3,7-8H2,2,4-6H3/t11-/m0/s1. The van der Waals surface area contributed by atoms with Crippen molar-refractivity contribution >= 4 is 8.07 Å². The Kier molecular flexibility index (Phi) is 4.65. The van der Waals surface area contributed by atoms with Gasteiger partial charge in [-0.25, -0.2) is 0 Å². The third kappa shape index (κ3) is 6.79. The zero-order valence-corrected chi connectivity index (χ0v) is 10.4.